The van der Waals surface area contributed by atoms with Gasteiger partial charge in [0.25, 0.3) is 5.56 Å². The van der Waals surface area contributed by atoms with Gasteiger partial charge in [-0.25, -0.2) is 14.8 Å². The summed E-state index contributed by atoms with van der Waals surface area (Å²) in [6.07, 6.45) is 4.35. The molecule has 1 aliphatic heterocycles. The van der Waals surface area contributed by atoms with Crippen LogP contribution >= 0.6 is 0 Å². The Kier molecular flexibility index (Phi) is 5.11. The maximum Gasteiger partial charge on any atom is 0.410 e. The Bertz CT molecular complexity index is 1240. The molecule has 0 bridgehead atoms. The van der Waals surface area contributed by atoms with Crippen LogP contribution in [0.5, 0.6) is 0 Å². The molecule has 33 heavy (non-hydrogen) atoms. The van der Waals surface area contributed by atoms with Crippen molar-refractivity contribution in [3.05, 3.63) is 69.7 Å². The van der Waals surface area contributed by atoms with Gasteiger partial charge in [-0.3, -0.25) is 4.79 Å². The third-order valence-electron chi connectivity index (χ3n) is 6.14. The number of ether oxygens (including phenoxy) is 1. The topological polar surface area (TPSA) is 101 Å². The standard InChI is InChI=1S/C25H28N4O4/c1-24(2,3)33-23(31)29-13-7-10-18-17(15-29)20(30)28-22(27-18)25(11-12-25)19-14-26-21(32-19)16-8-5-4-6-9-16/h4-6,8-9,14H,7,10-13,15H2,1-3H3,(H,27,28,30). The number of fused-ring (bicyclic) bond motifs is 1. The molecule has 5 rings (SSSR count). The number of nitrogens with one attached hydrogen (secondary N) is 1. The van der Waals surface area contributed by atoms with Gasteiger partial charge < -0.3 is 19.0 Å². The molecule has 0 spiro atoms. The lowest BCUT2D eigenvalue weighted by atomic mass is 10.0. The van der Waals surface area contributed by atoms with Crippen molar-refractivity contribution >= 4 is 6.09 Å². The van der Waals surface area contributed by atoms with Gasteiger partial charge in [0, 0.05) is 12.1 Å². The number of benzene rings is 1. The highest BCUT2D eigenvalue weighted by atomic mass is 16.6. The van der Waals surface area contributed by atoms with Crippen molar-refractivity contribution in [1.29, 1.82) is 0 Å². The number of oxazole rings is 1. The smallest absolute Gasteiger partial charge is 0.410 e. The third-order valence-corrected chi connectivity index (χ3v) is 6.14. The summed E-state index contributed by atoms with van der Waals surface area (Å²) in [5.74, 6) is 1.89. The quantitative estimate of drug-likeness (QED) is 0.645. The number of aromatic nitrogens is 3. The fourth-order valence-corrected chi connectivity index (χ4v) is 4.26. The molecule has 0 radical (unpaired) electrons. The molecule has 8 nitrogen and oxygen atoms in total. The molecule has 2 aliphatic rings. The van der Waals surface area contributed by atoms with E-state index >= 15 is 0 Å². The van der Waals surface area contributed by atoms with Crippen molar-refractivity contribution in [3.63, 3.8) is 0 Å². The van der Waals surface area contributed by atoms with Crippen molar-refractivity contribution in [1.82, 2.24) is 19.9 Å². The van der Waals surface area contributed by atoms with E-state index in [0.29, 0.717) is 36.0 Å². The average molecular weight is 449 g/mol. The number of hydrogen-bond acceptors (Lipinski definition) is 6. The molecular weight excluding hydrogens is 420 g/mol. The number of rotatable bonds is 3. The Morgan fingerprint density at radius 3 is 2.67 bits per heavy atom. The lowest BCUT2D eigenvalue weighted by Crippen LogP contribution is -2.37. The van der Waals surface area contributed by atoms with Gasteiger partial charge in [0.05, 0.1) is 29.4 Å². The van der Waals surface area contributed by atoms with E-state index in [1.54, 1.807) is 11.1 Å². The summed E-state index contributed by atoms with van der Waals surface area (Å²) in [5.41, 5.74) is 0.930. The number of nitrogens with zero attached hydrogens (tertiary/aromatic N) is 3. The lowest BCUT2D eigenvalue weighted by Gasteiger charge is -2.26. The molecular formula is C25H28N4O4. The number of hydrogen-bond donors (Lipinski definition) is 1. The molecule has 1 aliphatic carbocycles. The van der Waals surface area contributed by atoms with Gasteiger partial charge in [-0.1, -0.05) is 18.2 Å². The van der Waals surface area contributed by atoms with Crippen molar-refractivity contribution in [2.75, 3.05) is 6.54 Å². The number of amides is 1. The minimum absolute atomic E-state index is 0.195. The highest BCUT2D eigenvalue weighted by Crippen LogP contribution is 2.52. The first-order chi connectivity index (χ1) is 15.7. The van der Waals surface area contributed by atoms with Gasteiger partial charge in [-0.15, -0.1) is 0 Å². The van der Waals surface area contributed by atoms with Crippen molar-refractivity contribution < 1.29 is 13.9 Å². The highest BCUT2D eigenvalue weighted by Gasteiger charge is 2.52. The molecule has 1 saturated carbocycles. The molecule has 2 aromatic heterocycles. The zero-order chi connectivity index (χ0) is 23.2. The van der Waals surface area contributed by atoms with Crippen LogP contribution in [0.25, 0.3) is 11.5 Å². The van der Waals surface area contributed by atoms with Crippen LogP contribution in [0.15, 0.2) is 45.7 Å². The molecule has 1 N–H and O–H groups in total. The second-order valence-corrected chi connectivity index (χ2v) is 9.82. The minimum Gasteiger partial charge on any atom is -0.444 e. The summed E-state index contributed by atoms with van der Waals surface area (Å²) in [4.78, 5) is 39.6. The first kappa shape index (κ1) is 21.4. The molecule has 1 fully saturated rings. The molecule has 0 unspecified atom stereocenters. The Labute approximate surface area is 192 Å². The molecule has 3 heterocycles. The van der Waals surface area contributed by atoms with Crippen molar-refractivity contribution in [2.24, 2.45) is 0 Å². The van der Waals surface area contributed by atoms with Crippen LogP contribution in [0, 0.1) is 0 Å². The fraction of sp³-hybridized carbons (Fsp3) is 0.440. The van der Waals surface area contributed by atoms with Gasteiger partial charge in [0.2, 0.25) is 5.89 Å². The SMILES string of the molecule is CC(C)(C)OC(=O)N1CCCc2nc(C3(c4cnc(-c5ccccc5)o4)CC3)[nH]c(=O)c2C1. The molecule has 8 heteroatoms. The molecule has 172 valence electrons. The predicted molar refractivity (Wildman–Crippen MR) is 122 cm³/mol. The number of carbonyl (C=O) groups excluding carboxylic acids is 1. The molecule has 0 atom stereocenters. The third kappa shape index (κ3) is 4.17. The van der Waals surface area contributed by atoms with E-state index in [1.807, 2.05) is 51.1 Å². The van der Waals surface area contributed by atoms with E-state index in [4.69, 9.17) is 14.1 Å². The van der Waals surface area contributed by atoms with E-state index in [2.05, 4.69) is 9.97 Å². The average Bonchev–Trinajstić information content (AvgIpc) is 3.48. The van der Waals surface area contributed by atoms with Crippen LogP contribution in [0.4, 0.5) is 4.79 Å². The molecule has 3 aromatic rings. The van der Waals surface area contributed by atoms with Crippen molar-refractivity contribution in [2.45, 2.75) is 64.0 Å². The Hall–Kier alpha value is -3.42. The second kappa shape index (κ2) is 7.86. The normalized spacial score (nSPS) is 17.2. The van der Waals surface area contributed by atoms with E-state index in [9.17, 15) is 9.59 Å². The van der Waals surface area contributed by atoms with Crippen LogP contribution in [-0.2, 0) is 23.1 Å². The van der Waals surface area contributed by atoms with Crippen molar-refractivity contribution in [3.8, 4) is 11.5 Å². The van der Waals surface area contributed by atoms with E-state index in [-0.39, 0.29) is 12.1 Å². The molecule has 1 amide bonds. The Balaban J connectivity index is 1.43. The first-order valence-corrected chi connectivity index (χ1v) is 11.4. The van der Waals surface area contributed by atoms with Crippen LogP contribution in [-0.4, -0.2) is 38.1 Å². The van der Waals surface area contributed by atoms with E-state index in [1.165, 1.54) is 0 Å². The monoisotopic (exact) mass is 448 g/mol. The number of aromatic amines is 1. The predicted octanol–water partition coefficient (Wildman–Crippen LogP) is 4.19. The van der Waals surface area contributed by atoms with Crippen LogP contribution in [0.1, 0.15) is 62.9 Å². The largest absolute Gasteiger partial charge is 0.444 e. The fourth-order valence-electron chi connectivity index (χ4n) is 4.26. The number of H-pyrrole nitrogens is 1. The van der Waals surface area contributed by atoms with Gasteiger partial charge in [0.1, 0.15) is 17.2 Å². The van der Waals surface area contributed by atoms with E-state index < -0.39 is 17.1 Å². The number of carbonyl (C=O) groups is 1. The summed E-state index contributed by atoms with van der Waals surface area (Å²) in [7, 11) is 0. The minimum atomic E-state index is -0.589. The summed E-state index contributed by atoms with van der Waals surface area (Å²) < 4.78 is 11.6. The molecule has 0 saturated heterocycles. The zero-order valence-corrected chi connectivity index (χ0v) is 19.2. The summed E-state index contributed by atoms with van der Waals surface area (Å²) in [6, 6.07) is 9.74. The summed E-state index contributed by atoms with van der Waals surface area (Å²) in [5, 5.41) is 0. The first-order valence-electron chi connectivity index (χ1n) is 11.4. The van der Waals surface area contributed by atoms with Gasteiger partial charge >= 0.3 is 6.09 Å². The van der Waals surface area contributed by atoms with Gasteiger partial charge in [-0.2, -0.15) is 0 Å². The molecule has 1 aromatic carbocycles. The number of aryl methyl sites for hydroxylation is 1. The zero-order valence-electron chi connectivity index (χ0n) is 19.2. The highest BCUT2D eigenvalue weighted by molar-refractivity contribution is 5.68. The summed E-state index contributed by atoms with van der Waals surface area (Å²) in [6.45, 7) is 6.21. The van der Waals surface area contributed by atoms with Crippen LogP contribution in [0.3, 0.4) is 0 Å². The maximum absolute atomic E-state index is 13.1. The second-order valence-electron chi connectivity index (χ2n) is 9.82. The summed E-state index contributed by atoms with van der Waals surface area (Å²) >= 11 is 0. The van der Waals surface area contributed by atoms with E-state index in [0.717, 1.165) is 30.5 Å². The Morgan fingerprint density at radius 1 is 1.21 bits per heavy atom. The van der Waals surface area contributed by atoms with Gasteiger partial charge in [0.15, 0.2) is 0 Å². The van der Waals surface area contributed by atoms with Crippen LogP contribution < -0.4 is 5.56 Å². The van der Waals surface area contributed by atoms with Crippen LogP contribution in [0.2, 0.25) is 0 Å². The van der Waals surface area contributed by atoms with Gasteiger partial charge in [-0.05, 0) is 58.6 Å². The Morgan fingerprint density at radius 2 is 1.97 bits per heavy atom. The lowest BCUT2D eigenvalue weighted by molar-refractivity contribution is 0.0236. The maximum atomic E-state index is 13.1.